The fourth-order valence-electron chi connectivity index (χ4n) is 3.54. The Morgan fingerprint density at radius 1 is 0.920 bits per heavy atom. The second-order valence-corrected chi connectivity index (χ2v) is 7.03. The van der Waals surface area contributed by atoms with Gasteiger partial charge in [-0.05, 0) is 31.9 Å². The van der Waals surface area contributed by atoms with E-state index >= 15 is 0 Å². The third kappa shape index (κ3) is 4.78. The number of aryl methyl sites for hydroxylation is 1. The smallest absolute Gasteiger partial charge is 0.272 e. The highest BCUT2D eigenvalue weighted by molar-refractivity contribution is 5.92. The Balaban J connectivity index is 1.48. The number of rotatable bonds is 3. The van der Waals surface area contributed by atoms with Crippen molar-refractivity contribution in [3.63, 3.8) is 0 Å². The molecule has 0 unspecified atom stereocenters. The largest absolute Gasteiger partial charge is 0.342 e. The number of likely N-dealkylation sites (tertiary alicyclic amines) is 1. The number of carbonyl (C=O) groups is 2. The Morgan fingerprint density at radius 3 is 2.24 bits per heavy atom. The summed E-state index contributed by atoms with van der Waals surface area (Å²) in [5.74, 6) is 0.226. The van der Waals surface area contributed by atoms with Gasteiger partial charge in [-0.25, -0.2) is 4.98 Å². The molecule has 1 aromatic heterocycles. The van der Waals surface area contributed by atoms with E-state index in [4.69, 9.17) is 0 Å². The minimum atomic E-state index is -0.0119. The van der Waals surface area contributed by atoms with Crippen molar-refractivity contribution >= 4 is 11.8 Å². The van der Waals surface area contributed by atoms with Crippen LogP contribution < -0.4 is 0 Å². The number of hydrogen-bond acceptors (Lipinski definition) is 4. The minimum Gasteiger partial charge on any atom is -0.342 e. The molecule has 0 aromatic carbocycles. The number of aromatic nitrogens is 1. The summed E-state index contributed by atoms with van der Waals surface area (Å²) in [6.45, 7) is 6.97. The van der Waals surface area contributed by atoms with Gasteiger partial charge in [0.25, 0.3) is 5.91 Å². The lowest BCUT2D eigenvalue weighted by Crippen LogP contribution is -2.51. The van der Waals surface area contributed by atoms with Gasteiger partial charge in [-0.1, -0.05) is 18.9 Å². The third-order valence-corrected chi connectivity index (χ3v) is 5.08. The molecular weight excluding hydrogens is 316 g/mol. The predicted molar refractivity (Wildman–Crippen MR) is 96.4 cm³/mol. The normalized spacial score (nSPS) is 19.6. The first-order valence-corrected chi connectivity index (χ1v) is 9.36. The molecule has 2 aliphatic heterocycles. The SMILES string of the molecule is Cc1cccc(C(=O)N2CCN(CC(=O)N3CCCCCC3)CC2)n1. The Hall–Kier alpha value is -1.95. The van der Waals surface area contributed by atoms with Crippen LogP contribution in [0.25, 0.3) is 0 Å². The van der Waals surface area contributed by atoms with Crippen molar-refractivity contribution in [2.75, 3.05) is 45.8 Å². The van der Waals surface area contributed by atoms with Crippen LogP contribution >= 0.6 is 0 Å². The maximum atomic E-state index is 12.5. The zero-order valence-electron chi connectivity index (χ0n) is 15.1. The van der Waals surface area contributed by atoms with E-state index in [9.17, 15) is 9.59 Å². The zero-order chi connectivity index (χ0) is 17.6. The van der Waals surface area contributed by atoms with E-state index < -0.39 is 0 Å². The van der Waals surface area contributed by atoms with Crippen molar-refractivity contribution in [1.82, 2.24) is 19.7 Å². The van der Waals surface area contributed by atoms with Gasteiger partial charge in [-0.2, -0.15) is 0 Å². The van der Waals surface area contributed by atoms with Gasteiger partial charge in [0.05, 0.1) is 6.54 Å². The molecule has 2 aliphatic rings. The van der Waals surface area contributed by atoms with Crippen LogP contribution in [-0.4, -0.2) is 77.3 Å². The monoisotopic (exact) mass is 344 g/mol. The number of pyridine rings is 1. The molecule has 0 saturated carbocycles. The molecule has 3 rings (SSSR count). The van der Waals surface area contributed by atoms with Crippen molar-refractivity contribution < 1.29 is 9.59 Å². The molecule has 2 amide bonds. The van der Waals surface area contributed by atoms with Gasteiger partial charge < -0.3 is 9.80 Å². The number of hydrogen-bond donors (Lipinski definition) is 0. The molecule has 2 saturated heterocycles. The summed E-state index contributed by atoms with van der Waals surface area (Å²) in [4.78, 5) is 35.4. The van der Waals surface area contributed by atoms with Crippen LogP contribution in [-0.2, 0) is 4.79 Å². The van der Waals surface area contributed by atoms with Crippen LogP contribution in [0.1, 0.15) is 41.9 Å². The van der Waals surface area contributed by atoms with Gasteiger partial charge in [-0.15, -0.1) is 0 Å². The molecule has 0 bridgehead atoms. The molecule has 0 N–H and O–H groups in total. The Morgan fingerprint density at radius 2 is 1.60 bits per heavy atom. The Kier molecular flexibility index (Phi) is 6.02. The van der Waals surface area contributed by atoms with Gasteiger partial charge in [-0.3, -0.25) is 14.5 Å². The summed E-state index contributed by atoms with van der Waals surface area (Å²) >= 11 is 0. The van der Waals surface area contributed by atoms with E-state index in [1.54, 1.807) is 6.07 Å². The number of piperazine rings is 1. The molecular formula is C19H28N4O2. The first-order valence-electron chi connectivity index (χ1n) is 9.36. The molecule has 25 heavy (non-hydrogen) atoms. The summed E-state index contributed by atoms with van der Waals surface area (Å²) in [5.41, 5.74) is 1.36. The van der Waals surface area contributed by atoms with E-state index in [1.165, 1.54) is 12.8 Å². The Bertz CT molecular complexity index is 603. The van der Waals surface area contributed by atoms with Crippen LogP contribution in [0.2, 0.25) is 0 Å². The number of carbonyl (C=O) groups excluding carboxylic acids is 2. The van der Waals surface area contributed by atoms with E-state index in [1.807, 2.05) is 28.9 Å². The topological polar surface area (TPSA) is 56.8 Å². The predicted octanol–water partition coefficient (Wildman–Crippen LogP) is 1.55. The van der Waals surface area contributed by atoms with Crippen molar-refractivity contribution in [2.24, 2.45) is 0 Å². The zero-order valence-corrected chi connectivity index (χ0v) is 15.1. The van der Waals surface area contributed by atoms with Crippen LogP contribution in [0.5, 0.6) is 0 Å². The molecule has 0 radical (unpaired) electrons. The standard InChI is InChI=1S/C19H28N4O2/c1-16-7-6-8-17(20-16)19(25)23-13-11-21(12-14-23)15-18(24)22-9-4-2-3-5-10-22/h6-8H,2-5,9-15H2,1H3. The molecule has 1 aromatic rings. The summed E-state index contributed by atoms with van der Waals surface area (Å²) in [7, 11) is 0. The molecule has 6 heteroatoms. The summed E-state index contributed by atoms with van der Waals surface area (Å²) < 4.78 is 0. The van der Waals surface area contributed by atoms with Crippen LogP contribution in [0.15, 0.2) is 18.2 Å². The first kappa shape index (κ1) is 17.9. The molecule has 6 nitrogen and oxygen atoms in total. The Labute approximate surface area is 149 Å². The van der Waals surface area contributed by atoms with Crippen LogP contribution in [0.3, 0.4) is 0 Å². The summed E-state index contributed by atoms with van der Waals surface area (Å²) in [6.07, 6.45) is 4.71. The molecule has 136 valence electrons. The fourth-order valence-corrected chi connectivity index (χ4v) is 3.54. The quantitative estimate of drug-likeness (QED) is 0.835. The van der Waals surface area contributed by atoms with Gasteiger partial charge in [0.15, 0.2) is 0 Å². The lowest BCUT2D eigenvalue weighted by Gasteiger charge is -2.35. The van der Waals surface area contributed by atoms with E-state index in [0.717, 1.165) is 44.7 Å². The average molecular weight is 344 g/mol. The highest BCUT2D eigenvalue weighted by atomic mass is 16.2. The van der Waals surface area contributed by atoms with Crippen molar-refractivity contribution in [3.05, 3.63) is 29.6 Å². The van der Waals surface area contributed by atoms with Gasteiger partial charge in [0.2, 0.25) is 5.91 Å². The van der Waals surface area contributed by atoms with Crippen molar-refractivity contribution in [1.29, 1.82) is 0 Å². The van der Waals surface area contributed by atoms with Gasteiger partial charge >= 0.3 is 0 Å². The molecule has 0 atom stereocenters. The summed E-state index contributed by atoms with van der Waals surface area (Å²) in [6, 6.07) is 5.53. The van der Waals surface area contributed by atoms with Gasteiger partial charge in [0, 0.05) is 45.0 Å². The maximum Gasteiger partial charge on any atom is 0.272 e. The number of nitrogens with zero attached hydrogens (tertiary/aromatic N) is 4. The van der Waals surface area contributed by atoms with E-state index in [-0.39, 0.29) is 11.8 Å². The lowest BCUT2D eigenvalue weighted by atomic mass is 10.2. The highest BCUT2D eigenvalue weighted by Gasteiger charge is 2.25. The molecule has 2 fully saturated rings. The molecule has 0 aliphatic carbocycles. The van der Waals surface area contributed by atoms with Crippen molar-refractivity contribution in [3.8, 4) is 0 Å². The van der Waals surface area contributed by atoms with Gasteiger partial charge in [0.1, 0.15) is 5.69 Å². The minimum absolute atomic E-state index is 0.0119. The van der Waals surface area contributed by atoms with Crippen LogP contribution in [0.4, 0.5) is 0 Å². The lowest BCUT2D eigenvalue weighted by molar-refractivity contribution is -0.132. The highest BCUT2D eigenvalue weighted by Crippen LogP contribution is 2.12. The van der Waals surface area contributed by atoms with Crippen LogP contribution in [0, 0.1) is 6.92 Å². The third-order valence-electron chi connectivity index (χ3n) is 5.08. The van der Waals surface area contributed by atoms with E-state index in [0.29, 0.717) is 25.3 Å². The second-order valence-electron chi connectivity index (χ2n) is 7.03. The molecule has 3 heterocycles. The molecule has 0 spiro atoms. The average Bonchev–Trinajstić information content (AvgIpc) is 2.91. The van der Waals surface area contributed by atoms with E-state index in [2.05, 4.69) is 9.88 Å². The maximum absolute atomic E-state index is 12.5. The summed E-state index contributed by atoms with van der Waals surface area (Å²) in [5, 5.41) is 0. The second kappa shape index (κ2) is 8.43. The van der Waals surface area contributed by atoms with Crippen molar-refractivity contribution in [2.45, 2.75) is 32.6 Å². The first-order chi connectivity index (χ1) is 12.1. The number of amides is 2. The fraction of sp³-hybridized carbons (Fsp3) is 0.632.